The SMILES string of the molecule is COC(=O)N1CC2(C1)C(=O)N(Cc1ncc3cc(F)ccc3c1-c1cncnc1)c1ccccc12. The van der Waals surface area contributed by atoms with Crippen LogP contribution in [0.2, 0.25) is 0 Å². The second kappa shape index (κ2) is 7.83. The minimum atomic E-state index is -0.805. The van der Waals surface area contributed by atoms with E-state index in [1.165, 1.54) is 30.5 Å². The number of pyridine rings is 1. The van der Waals surface area contributed by atoms with Crippen molar-refractivity contribution in [3.63, 3.8) is 0 Å². The number of anilines is 1. The molecule has 35 heavy (non-hydrogen) atoms. The molecule has 1 saturated heterocycles. The third kappa shape index (κ3) is 3.15. The second-order valence-electron chi connectivity index (χ2n) is 8.76. The maximum absolute atomic E-state index is 13.9. The van der Waals surface area contributed by atoms with Gasteiger partial charge >= 0.3 is 6.09 Å². The van der Waals surface area contributed by atoms with Gasteiger partial charge in [0.2, 0.25) is 5.91 Å². The Kier molecular flexibility index (Phi) is 4.73. The molecule has 0 N–H and O–H groups in total. The lowest BCUT2D eigenvalue weighted by molar-refractivity contribution is -0.128. The average Bonchev–Trinajstić information content (AvgIpc) is 3.11. The summed E-state index contributed by atoms with van der Waals surface area (Å²) in [5, 5.41) is 1.44. The second-order valence-corrected chi connectivity index (χ2v) is 8.76. The van der Waals surface area contributed by atoms with Gasteiger partial charge in [-0.15, -0.1) is 0 Å². The van der Waals surface area contributed by atoms with Crippen molar-refractivity contribution in [2.45, 2.75) is 12.0 Å². The summed E-state index contributed by atoms with van der Waals surface area (Å²) in [6.07, 6.45) is 5.96. The predicted octanol–water partition coefficient (Wildman–Crippen LogP) is 3.70. The summed E-state index contributed by atoms with van der Waals surface area (Å²) < 4.78 is 18.7. The number of carbonyl (C=O) groups is 2. The van der Waals surface area contributed by atoms with E-state index in [9.17, 15) is 14.0 Å². The molecule has 2 aromatic heterocycles. The summed E-state index contributed by atoms with van der Waals surface area (Å²) in [4.78, 5) is 42.0. The van der Waals surface area contributed by atoms with Gasteiger partial charge in [0.05, 0.1) is 19.3 Å². The number of methoxy groups -OCH3 is 1. The number of benzene rings is 2. The average molecular weight is 469 g/mol. The normalized spacial score (nSPS) is 15.9. The first kappa shape index (κ1) is 21.2. The molecule has 0 aliphatic carbocycles. The number of nitrogens with zero attached hydrogens (tertiary/aromatic N) is 5. The predicted molar refractivity (Wildman–Crippen MR) is 126 cm³/mol. The Labute approximate surface area is 200 Å². The number of para-hydroxylation sites is 1. The van der Waals surface area contributed by atoms with Gasteiger partial charge in [0.1, 0.15) is 17.6 Å². The van der Waals surface area contributed by atoms with Gasteiger partial charge in [0.25, 0.3) is 0 Å². The first-order chi connectivity index (χ1) is 17.0. The summed E-state index contributed by atoms with van der Waals surface area (Å²) in [6, 6.07) is 12.2. The molecule has 9 heteroatoms. The summed E-state index contributed by atoms with van der Waals surface area (Å²) in [5.41, 5.74) is 2.99. The molecule has 2 aromatic carbocycles. The van der Waals surface area contributed by atoms with Gasteiger partial charge in [-0.2, -0.15) is 0 Å². The monoisotopic (exact) mass is 469 g/mol. The van der Waals surface area contributed by atoms with E-state index in [1.54, 1.807) is 29.6 Å². The fraction of sp³-hybridized carbons (Fsp3) is 0.192. The molecule has 4 heterocycles. The molecule has 0 unspecified atom stereocenters. The summed E-state index contributed by atoms with van der Waals surface area (Å²) in [6.45, 7) is 0.721. The third-order valence-electron chi connectivity index (χ3n) is 6.81. The Morgan fingerprint density at radius 2 is 1.89 bits per heavy atom. The number of rotatable bonds is 3. The first-order valence-electron chi connectivity index (χ1n) is 11.1. The van der Waals surface area contributed by atoms with Gasteiger partial charge in [-0.1, -0.05) is 24.3 Å². The molecule has 0 bridgehead atoms. The summed E-state index contributed by atoms with van der Waals surface area (Å²) >= 11 is 0. The first-order valence-corrected chi connectivity index (χ1v) is 11.1. The zero-order valence-electron chi connectivity index (χ0n) is 18.8. The molecule has 0 radical (unpaired) electrons. The fourth-order valence-corrected chi connectivity index (χ4v) is 5.18. The van der Waals surface area contributed by atoms with Crippen molar-refractivity contribution in [3.05, 3.63) is 84.5 Å². The number of hydrogen-bond donors (Lipinski definition) is 0. The van der Waals surface area contributed by atoms with Crippen molar-refractivity contribution in [2.75, 3.05) is 25.1 Å². The van der Waals surface area contributed by atoms with Crippen LogP contribution in [0.1, 0.15) is 11.3 Å². The Hall–Kier alpha value is -4.40. The van der Waals surface area contributed by atoms with Gasteiger partial charge in [0.15, 0.2) is 0 Å². The number of likely N-dealkylation sites (tertiary alicyclic amines) is 1. The molecule has 0 atom stereocenters. The lowest BCUT2D eigenvalue weighted by Gasteiger charge is -2.45. The quantitative estimate of drug-likeness (QED) is 0.455. The number of hydrogen-bond acceptors (Lipinski definition) is 6. The van der Waals surface area contributed by atoms with Gasteiger partial charge in [-0.25, -0.2) is 19.2 Å². The Morgan fingerprint density at radius 3 is 2.66 bits per heavy atom. The lowest BCUT2D eigenvalue weighted by atomic mass is 9.75. The minimum Gasteiger partial charge on any atom is -0.453 e. The Balaban J connectivity index is 1.44. The van der Waals surface area contributed by atoms with Crippen LogP contribution in [0.5, 0.6) is 0 Å². The van der Waals surface area contributed by atoms with Crippen LogP contribution < -0.4 is 4.90 Å². The maximum Gasteiger partial charge on any atom is 0.409 e. The molecule has 1 spiro atoms. The van der Waals surface area contributed by atoms with Crippen molar-refractivity contribution >= 4 is 28.5 Å². The molecule has 4 aromatic rings. The number of amides is 2. The van der Waals surface area contributed by atoms with E-state index in [0.717, 1.165) is 27.8 Å². The van der Waals surface area contributed by atoms with Crippen molar-refractivity contribution in [2.24, 2.45) is 0 Å². The molecular weight excluding hydrogens is 449 g/mol. The molecule has 6 rings (SSSR count). The van der Waals surface area contributed by atoms with Gasteiger partial charge in [0, 0.05) is 53.9 Å². The van der Waals surface area contributed by atoms with Crippen LogP contribution in [-0.4, -0.2) is 52.1 Å². The molecular formula is C26H20FN5O3. The molecule has 1 fully saturated rings. The lowest BCUT2D eigenvalue weighted by Crippen LogP contribution is -2.65. The number of fused-ring (bicyclic) bond motifs is 3. The zero-order valence-corrected chi connectivity index (χ0v) is 18.8. The highest BCUT2D eigenvalue weighted by molar-refractivity contribution is 6.10. The van der Waals surface area contributed by atoms with E-state index in [1.807, 2.05) is 24.3 Å². The van der Waals surface area contributed by atoms with Crippen molar-refractivity contribution in [1.82, 2.24) is 19.9 Å². The highest BCUT2D eigenvalue weighted by Crippen LogP contribution is 2.48. The van der Waals surface area contributed by atoms with Crippen LogP contribution in [0.3, 0.4) is 0 Å². The van der Waals surface area contributed by atoms with Crippen LogP contribution in [0.4, 0.5) is 14.9 Å². The van der Waals surface area contributed by atoms with Gasteiger partial charge in [-0.05, 0) is 29.1 Å². The van der Waals surface area contributed by atoms with Gasteiger partial charge < -0.3 is 14.5 Å². The van der Waals surface area contributed by atoms with Gasteiger partial charge in [-0.3, -0.25) is 9.78 Å². The smallest absolute Gasteiger partial charge is 0.409 e. The van der Waals surface area contributed by atoms with Crippen LogP contribution >= 0.6 is 0 Å². The zero-order chi connectivity index (χ0) is 24.2. The standard InChI is InChI=1S/C26H20FN5O3/c1-35-25(34)31-13-26(14-31)20-4-2-3-5-22(20)32(24(26)33)12-21-23(17-9-28-15-29-10-17)19-7-6-18(27)8-16(19)11-30-21/h2-11,15H,12-14H2,1H3. The molecule has 0 saturated carbocycles. The Bertz CT molecular complexity index is 1490. The topological polar surface area (TPSA) is 88.5 Å². The molecule has 2 amide bonds. The number of halogens is 1. The highest BCUT2D eigenvalue weighted by Gasteiger charge is 2.59. The van der Waals surface area contributed by atoms with E-state index in [4.69, 9.17) is 4.74 Å². The Morgan fingerprint density at radius 1 is 1.11 bits per heavy atom. The van der Waals surface area contributed by atoms with E-state index in [2.05, 4.69) is 15.0 Å². The maximum atomic E-state index is 13.9. The van der Waals surface area contributed by atoms with Crippen molar-refractivity contribution in [1.29, 1.82) is 0 Å². The van der Waals surface area contributed by atoms with E-state index in [0.29, 0.717) is 11.1 Å². The van der Waals surface area contributed by atoms with Crippen molar-refractivity contribution in [3.8, 4) is 11.1 Å². The molecule has 2 aliphatic heterocycles. The van der Waals surface area contributed by atoms with E-state index >= 15 is 0 Å². The number of carbonyl (C=O) groups excluding carboxylic acids is 2. The fourth-order valence-electron chi connectivity index (χ4n) is 5.18. The van der Waals surface area contributed by atoms with Crippen LogP contribution in [0.25, 0.3) is 21.9 Å². The van der Waals surface area contributed by atoms with E-state index < -0.39 is 11.5 Å². The highest BCUT2D eigenvalue weighted by atomic mass is 19.1. The summed E-state index contributed by atoms with van der Waals surface area (Å²) in [7, 11) is 1.33. The molecule has 2 aliphatic rings. The minimum absolute atomic E-state index is 0.0879. The van der Waals surface area contributed by atoms with Crippen LogP contribution in [0, 0.1) is 5.82 Å². The number of aromatic nitrogens is 3. The molecule has 174 valence electrons. The van der Waals surface area contributed by atoms with Crippen LogP contribution in [-0.2, 0) is 21.5 Å². The number of ether oxygens (including phenoxy) is 1. The van der Waals surface area contributed by atoms with E-state index in [-0.39, 0.29) is 31.4 Å². The molecule has 8 nitrogen and oxygen atoms in total. The van der Waals surface area contributed by atoms with Crippen molar-refractivity contribution < 1.29 is 18.7 Å². The summed E-state index contributed by atoms with van der Waals surface area (Å²) in [5.74, 6) is -0.442. The van der Waals surface area contributed by atoms with Crippen LogP contribution in [0.15, 0.2) is 67.4 Å². The largest absolute Gasteiger partial charge is 0.453 e. The third-order valence-corrected chi connectivity index (χ3v) is 6.81.